The number of hydrogen-bond donors (Lipinski definition) is 0. The third-order valence-corrected chi connectivity index (χ3v) is 15.5. The van der Waals surface area contributed by atoms with Crippen molar-refractivity contribution in [2.75, 3.05) is 0 Å². The fraction of sp³-hybridized carbons (Fsp3) is 0. The lowest BCUT2D eigenvalue weighted by Crippen LogP contribution is -2.03. The molecule has 0 amide bonds. The number of benzene rings is 12. The monoisotopic (exact) mass is 906 g/mol. The molecule has 0 bridgehead atoms. The molecule has 4 nitrogen and oxygen atoms in total. The van der Waals surface area contributed by atoms with Crippen LogP contribution in [-0.2, 0) is 0 Å². The van der Waals surface area contributed by atoms with Crippen LogP contribution < -0.4 is 0 Å². The van der Waals surface area contributed by atoms with Crippen molar-refractivity contribution in [2.45, 2.75) is 0 Å². The van der Waals surface area contributed by atoms with Crippen LogP contribution in [0.15, 0.2) is 231 Å². The van der Waals surface area contributed by atoms with E-state index in [0.717, 1.165) is 44.4 Å². The maximum Gasteiger partial charge on any atom is 0.164 e. The van der Waals surface area contributed by atoms with Gasteiger partial charge in [-0.15, -0.1) is 11.3 Å². The molecule has 0 fully saturated rings. The molecule has 3 heterocycles. The zero-order valence-corrected chi connectivity index (χ0v) is 38.5. The number of fused-ring (bicyclic) bond motifs is 14. The van der Waals surface area contributed by atoms with Gasteiger partial charge in [-0.3, -0.25) is 0 Å². The molecule has 0 N–H and O–H groups in total. The first kappa shape index (κ1) is 39.0. The average Bonchev–Trinajstić information content (AvgIpc) is 3.96. The second-order valence-corrected chi connectivity index (χ2v) is 19.3. The van der Waals surface area contributed by atoms with E-state index in [-0.39, 0.29) is 0 Å². The highest BCUT2D eigenvalue weighted by Crippen LogP contribution is 2.48. The molecule has 0 saturated carbocycles. The Hall–Kier alpha value is -9.03. The van der Waals surface area contributed by atoms with Gasteiger partial charge in [0.15, 0.2) is 17.5 Å². The molecule has 0 atom stereocenters. The Bertz CT molecular complexity index is 4620. The van der Waals surface area contributed by atoms with Crippen LogP contribution in [0.2, 0.25) is 0 Å². The van der Waals surface area contributed by atoms with Gasteiger partial charge in [0.1, 0.15) is 0 Å². The van der Waals surface area contributed by atoms with Crippen LogP contribution in [-0.4, -0.2) is 19.5 Å². The predicted molar refractivity (Wildman–Crippen MR) is 296 cm³/mol. The topological polar surface area (TPSA) is 43.6 Å². The van der Waals surface area contributed by atoms with Gasteiger partial charge in [-0.1, -0.05) is 182 Å². The largest absolute Gasteiger partial charge is 0.309 e. The summed E-state index contributed by atoms with van der Waals surface area (Å²) in [6.07, 6.45) is 0. The van der Waals surface area contributed by atoms with E-state index in [1.165, 1.54) is 85.0 Å². The van der Waals surface area contributed by atoms with Crippen molar-refractivity contribution >= 4 is 107 Å². The third-order valence-electron chi connectivity index (χ3n) is 14.4. The van der Waals surface area contributed by atoms with E-state index in [2.05, 4.69) is 229 Å². The van der Waals surface area contributed by atoms with Crippen molar-refractivity contribution in [3.63, 3.8) is 0 Å². The van der Waals surface area contributed by atoms with Crippen molar-refractivity contribution in [1.82, 2.24) is 19.5 Å². The number of hydrogen-bond acceptors (Lipinski definition) is 4. The Kier molecular flexibility index (Phi) is 8.49. The van der Waals surface area contributed by atoms with E-state index in [1.54, 1.807) is 0 Å². The van der Waals surface area contributed by atoms with E-state index in [4.69, 9.17) is 15.0 Å². The summed E-state index contributed by atoms with van der Waals surface area (Å²) in [6, 6.07) is 83.4. The van der Waals surface area contributed by atoms with Crippen LogP contribution >= 0.6 is 11.3 Å². The molecule has 324 valence electrons. The minimum Gasteiger partial charge on any atom is -0.309 e. The lowest BCUT2D eigenvalue weighted by molar-refractivity contribution is 1.08. The highest BCUT2D eigenvalue weighted by atomic mass is 32.1. The Morgan fingerprint density at radius 2 is 0.871 bits per heavy atom. The zero-order valence-electron chi connectivity index (χ0n) is 37.6. The molecule has 70 heavy (non-hydrogen) atoms. The zero-order chi connectivity index (χ0) is 45.9. The summed E-state index contributed by atoms with van der Waals surface area (Å²) in [5.41, 5.74) is 8.42. The van der Waals surface area contributed by atoms with Gasteiger partial charge in [-0.25, -0.2) is 15.0 Å². The molecule has 5 heteroatoms. The first-order chi connectivity index (χ1) is 34.7. The second-order valence-electron chi connectivity index (χ2n) is 18.2. The van der Waals surface area contributed by atoms with Crippen molar-refractivity contribution in [3.8, 4) is 51.0 Å². The quantitative estimate of drug-likeness (QED) is 0.162. The van der Waals surface area contributed by atoms with Gasteiger partial charge in [0.2, 0.25) is 0 Å². The number of rotatable bonds is 5. The Morgan fingerprint density at radius 1 is 0.300 bits per heavy atom. The molecule has 0 aliphatic carbocycles. The maximum atomic E-state index is 5.63. The summed E-state index contributed by atoms with van der Waals surface area (Å²) < 4.78 is 4.94. The number of thiophene rings is 1. The summed E-state index contributed by atoms with van der Waals surface area (Å²) in [5.74, 6) is 1.86. The summed E-state index contributed by atoms with van der Waals surface area (Å²) >= 11 is 1.85. The minimum atomic E-state index is 0.612. The van der Waals surface area contributed by atoms with Gasteiger partial charge in [-0.2, -0.15) is 0 Å². The summed E-state index contributed by atoms with van der Waals surface area (Å²) in [6.45, 7) is 0. The standard InChI is InChI=1S/C65H38N4S/c1-2-17-39(18-3-1)63-66-64(68-65(67-63)53-30-16-29-50-47-24-9-8-23-45(47)46-25-10-11-27-49(46)60(50)53)51-34-33-43(69-56-31-14-12-26-48(56)54-35-40-19-4-5-20-41(40)36-57(54)69)38-55(51)61-44-22-7-6-21-42(44)37-59-62(61)52-28-13-15-32-58(52)70-59/h1-38H. The molecule has 15 rings (SSSR count). The smallest absolute Gasteiger partial charge is 0.164 e. The molecule has 0 spiro atoms. The number of para-hydroxylation sites is 1. The summed E-state index contributed by atoms with van der Waals surface area (Å²) in [5, 5.41) is 16.8. The molecule has 3 aromatic heterocycles. The normalized spacial score (nSPS) is 12.0. The van der Waals surface area contributed by atoms with Crippen LogP contribution in [0, 0.1) is 0 Å². The van der Waals surface area contributed by atoms with Crippen molar-refractivity contribution in [2.24, 2.45) is 0 Å². The Morgan fingerprint density at radius 3 is 1.64 bits per heavy atom. The molecule has 0 unspecified atom stereocenters. The second kappa shape index (κ2) is 15.2. The summed E-state index contributed by atoms with van der Waals surface area (Å²) in [7, 11) is 0. The fourth-order valence-corrected chi connectivity index (χ4v) is 12.5. The molecular weight excluding hydrogens is 869 g/mol. The van der Waals surface area contributed by atoms with E-state index in [1.807, 2.05) is 17.4 Å². The van der Waals surface area contributed by atoms with Gasteiger partial charge in [0, 0.05) is 58.7 Å². The molecule has 0 aliphatic rings. The first-order valence-electron chi connectivity index (χ1n) is 23.8. The molecular formula is C65H38N4S. The van der Waals surface area contributed by atoms with Gasteiger partial charge in [-0.05, 0) is 108 Å². The highest BCUT2D eigenvalue weighted by Gasteiger charge is 2.24. The average molecular weight is 907 g/mol. The van der Waals surface area contributed by atoms with E-state index < -0.39 is 0 Å². The van der Waals surface area contributed by atoms with Crippen molar-refractivity contribution < 1.29 is 0 Å². The van der Waals surface area contributed by atoms with Crippen molar-refractivity contribution in [3.05, 3.63) is 231 Å². The minimum absolute atomic E-state index is 0.612. The highest BCUT2D eigenvalue weighted by molar-refractivity contribution is 7.26. The van der Waals surface area contributed by atoms with Crippen LogP contribution in [0.4, 0.5) is 0 Å². The molecule has 0 saturated heterocycles. The fourth-order valence-electron chi connectivity index (χ4n) is 11.3. The SMILES string of the molecule is c1ccc(-c2nc(-c3ccc(-n4c5ccccc5c5cc6ccccc6cc54)cc3-c3c4ccccc4cc4sc5ccccc5c34)nc(-c3cccc4c5ccccc5c5ccccc5c34)n2)cc1. The van der Waals surface area contributed by atoms with Gasteiger partial charge in [0.25, 0.3) is 0 Å². The first-order valence-corrected chi connectivity index (χ1v) is 24.6. The molecule has 0 radical (unpaired) electrons. The van der Waals surface area contributed by atoms with Crippen LogP contribution in [0.5, 0.6) is 0 Å². The molecule has 15 aromatic rings. The lowest BCUT2D eigenvalue weighted by atomic mass is 9.89. The van der Waals surface area contributed by atoms with Crippen LogP contribution in [0.1, 0.15) is 0 Å². The maximum absolute atomic E-state index is 5.63. The van der Waals surface area contributed by atoms with Crippen LogP contribution in [0.3, 0.4) is 0 Å². The molecule has 12 aromatic carbocycles. The third kappa shape index (κ3) is 5.86. The van der Waals surface area contributed by atoms with E-state index in [0.29, 0.717) is 17.5 Å². The number of aromatic nitrogens is 4. The van der Waals surface area contributed by atoms with Crippen molar-refractivity contribution in [1.29, 1.82) is 0 Å². The van der Waals surface area contributed by atoms with E-state index in [9.17, 15) is 0 Å². The summed E-state index contributed by atoms with van der Waals surface area (Å²) in [4.78, 5) is 16.5. The van der Waals surface area contributed by atoms with Gasteiger partial charge < -0.3 is 4.57 Å². The molecule has 0 aliphatic heterocycles. The predicted octanol–water partition coefficient (Wildman–Crippen LogP) is 17.8. The number of nitrogens with zero attached hydrogens (tertiary/aromatic N) is 4. The van der Waals surface area contributed by atoms with Gasteiger partial charge in [0.05, 0.1) is 11.0 Å². The Labute approximate surface area is 406 Å². The lowest BCUT2D eigenvalue weighted by Gasteiger charge is -2.18. The van der Waals surface area contributed by atoms with E-state index >= 15 is 0 Å². The van der Waals surface area contributed by atoms with Gasteiger partial charge >= 0.3 is 0 Å². The Balaban J connectivity index is 1.08. The van der Waals surface area contributed by atoms with Crippen LogP contribution in [0.25, 0.3) is 147 Å².